The van der Waals surface area contributed by atoms with Gasteiger partial charge in [0.05, 0.1) is 6.20 Å². The lowest BCUT2D eigenvalue weighted by Gasteiger charge is -2.29. The van der Waals surface area contributed by atoms with E-state index in [0.717, 1.165) is 24.8 Å². The molecular formula is C13H24BrN3. The van der Waals surface area contributed by atoms with Gasteiger partial charge >= 0.3 is 0 Å². The molecule has 0 spiro atoms. The molecule has 0 aliphatic carbocycles. The zero-order chi connectivity index (χ0) is 12.7. The third-order valence-electron chi connectivity index (χ3n) is 3.28. The quantitative estimate of drug-likeness (QED) is 0.689. The fourth-order valence-electron chi connectivity index (χ4n) is 2.26. The molecule has 1 heterocycles. The highest BCUT2D eigenvalue weighted by Crippen LogP contribution is 2.10. The largest absolute Gasteiger partial charge is 0.299 e. The summed E-state index contributed by atoms with van der Waals surface area (Å²) >= 11 is 3.55. The number of hydrogen-bond acceptors (Lipinski definition) is 2. The Labute approximate surface area is 113 Å². The number of nitrogens with zero attached hydrogens (tertiary/aromatic N) is 3. The predicted molar refractivity (Wildman–Crippen MR) is 76.6 cm³/mol. The highest BCUT2D eigenvalue weighted by atomic mass is 79.9. The fraction of sp³-hybridized carbons (Fsp3) is 0.769. The van der Waals surface area contributed by atoms with Crippen molar-refractivity contribution in [3.8, 4) is 0 Å². The zero-order valence-electron chi connectivity index (χ0n) is 11.2. The average molecular weight is 302 g/mol. The smallest absolute Gasteiger partial charge is 0.0522 e. The van der Waals surface area contributed by atoms with Gasteiger partial charge in [-0.05, 0) is 24.8 Å². The van der Waals surface area contributed by atoms with Gasteiger partial charge in [0.25, 0.3) is 0 Å². The van der Waals surface area contributed by atoms with Crippen molar-refractivity contribution in [2.24, 2.45) is 7.05 Å². The number of aromatic nitrogens is 2. The van der Waals surface area contributed by atoms with Gasteiger partial charge in [-0.25, -0.2) is 0 Å². The van der Waals surface area contributed by atoms with Gasteiger partial charge < -0.3 is 0 Å². The van der Waals surface area contributed by atoms with Crippen LogP contribution in [-0.4, -0.2) is 39.1 Å². The monoisotopic (exact) mass is 301 g/mol. The Bertz CT molecular complexity index is 307. The Morgan fingerprint density at radius 2 is 2.06 bits per heavy atom. The van der Waals surface area contributed by atoms with Gasteiger partial charge in [0.1, 0.15) is 0 Å². The van der Waals surface area contributed by atoms with Crippen LogP contribution in [0, 0.1) is 0 Å². The first-order valence-corrected chi connectivity index (χ1v) is 7.60. The molecule has 0 aliphatic heterocycles. The van der Waals surface area contributed by atoms with Crippen LogP contribution >= 0.6 is 15.9 Å². The first kappa shape index (κ1) is 14.7. The topological polar surface area (TPSA) is 21.1 Å². The second-order valence-corrected chi connectivity index (χ2v) is 5.26. The van der Waals surface area contributed by atoms with Crippen LogP contribution in [0.25, 0.3) is 0 Å². The second-order valence-electron chi connectivity index (χ2n) is 4.47. The minimum atomic E-state index is 0.712. The lowest BCUT2D eigenvalue weighted by atomic mass is 10.1. The molecule has 17 heavy (non-hydrogen) atoms. The van der Waals surface area contributed by atoms with Crippen molar-refractivity contribution in [1.82, 2.24) is 14.7 Å². The van der Waals surface area contributed by atoms with Gasteiger partial charge in [0, 0.05) is 37.7 Å². The summed E-state index contributed by atoms with van der Waals surface area (Å²) in [6.45, 7) is 6.81. The van der Waals surface area contributed by atoms with E-state index >= 15 is 0 Å². The van der Waals surface area contributed by atoms with Crippen molar-refractivity contribution < 1.29 is 0 Å². The van der Waals surface area contributed by atoms with Crippen molar-refractivity contribution in [1.29, 1.82) is 0 Å². The molecule has 0 saturated carbocycles. The molecule has 0 amide bonds. The van der Waals surface area contributed by atoms with Crippen LogP contribution in [0.3, 0.4) is 0 Å². The van der Waals surface area contributed by atoms with Crippen LogP contribution in [-0.2, 0) is 13.5 Å². The minimum Gasteiger partial charge on any atom is -0.299 e. The molecule has 0 aromatic carbocycles. The number of alkyl halides is 1. The Morgan fingerprint density at radius 3 is 2.53 bits per heavy atom. The SMILES string of the molecule is CCC(CC)N(CCBr)CCc1cnn(C)c1. The standard InChI is InChI=1S/C13H24BrN3/c1-4-13(5-2)17(9-7-14)8-6-12-10-15-16(3)11-12/h10-11,13H,4-9H2,1-3H3. The van der Waals surface area contributed by atoms with Crippen LogP contribution in [0.5, 0.6) is 0 Å². The molecule has 4 heteroatoms. The van der Waals surface area contributed by atoms with Gasteiger partial charge in [-0.1, -0.05) is 29.8 Å². The van der Waals surface area contributed by atoms with Crippen molar-refractivity contribution in [2.75, 3.05) is 18.4 Å². The summed E-state index contributed by atoms with van der Waals surface area (Å²) in [7, 11) is 1.97. The van der Waals surface area contributed by atoms with Crippen molar-refractivity contribution in [3.05, 3.63) is 18.0 Å². The van der Waals surface area contributed by atoms with Gasteiger partial charge in [-0.2, -0.15) is 5.10 Å². The normalized spacial score (nSPS) is 11.6. The molecule has 0 bridgehead atoms. The molecule has 1 aromatic rings. The van der Waals surface area contributed by atoms with E-state index in [1.165, 1.54) is 18.4 Å². The Hall–Kier alpha value is -0.350. The highest BCUT2D eigenvalue weighted by Gasteiger charge is 2.14. The summed E-state index contributed by atoms with van der Waals surface area (Å²) in [6.07, 6.45) is 7.64. The van der Waals surface area contributed by atoms with E-state index in [9.17, 15) is 0 Å². The maximum atomic E-state index is 4.21. The van der Waals surface area contributed by atoms with E-state index in [-0.39, 0.29) is 0 Å². The number of halogens is 1. The van der Waals surface area contributed by atoms with E-state index in [1.54, 1.807) is 0 Å². The molecule has 0 fully saturated rings. The van der Waals surface area contributed by atoms with E-state index < -0.39 is 0 Å². The molecule has 3 nitrogen and oxygen atoms in total. The van der Waals surface area contributed by atoms with Crippen LogP contribution in [0.4, 0.5) is 0 Å². The van der Waals surface area contributed by atoms with E-state index in [2.05, 4.69) is 46.0 Å². The van der Waals surface area contributed by atoms with Gasteiger partial charge in [-0.15, -0.1) is 0 Å². The van der Waals surface area contributed by atoms with E-state index in [0.29, 0.717) is 6.04 Å². The van der Waals surface area contributed by atoms with Crippen LogP contribution < -0.4 is 0 Å². The maximum absolute atomic E-state index is 4.21. The van der Waals surface area contributed by atoms with E-state index in [1.807, 2.05) is 17.9 Å². The third-order valence-corrected chi connectivity index (χ3v) is 3.63. The van der Waals surface area contributed by atoms with Crippen molar-refractivity contribution >= 4 is 15.9 Å². The molecule has 98 valence electrons. The second kappa shape index (κ2) is 7.88. The number of aryl methyl sites for hydroxylation is 1. The van der Waals surface area contributed by atoms with Crippen LogP contribution in [0.1, 0.15) is 32.3 Å². The lowest BCUT2D eigenvalue weighted by Crippen LogP contribution is -2.37. The first-order valence-electron chi connectivity index (χ1n) is 6.48. The molecule has 1 aromatic heterocycles. The van der Waals surface area contributed by atoms with Gasteiger partial charge in [0.15, 0.2) is 0 Å². The van der Waals surface area contributed by atoms with E-state index in [4.69, 9.17) is 0 Å². The Kier molecular flexibility index (Phi) is 6.82. The molecule has 0 aliphatic rings. The summed E-state index contributed by atoms with van der Waals surface area (Å²) in [6, 6.07) is 0.712. The summed E-state index contributed by atoms with van der Waals surface area (Å²) in [4.78, 5) is 2.59. The minimum absolute atomic E-state index is 0.712. The molecule has 0 atom stereocenters. The Balaban J connectivity index is 2.48. The van der Waals surface area contributed by atoms with Gasteiger partial charge in [0.2, 0.25) is 0 Å². The molecule has 1 rings (SSSR count). The third kappa shape index (κ3) is 4.80. The van der Waals surface area contributed by atoms with Crippen LogP contribution in [0.2, 0.25) is 0 Å². The van der Waals surface area contributed by atoms with Crippen molar-refractivity contribution in [2.45, 2.75) is 39.2 Å². The fourth-order valence-corrected chi connectivity index (χ4v) is 2.72. The summed E-state index contributed by atoms with van der Waals surface area (Å²) < 4.78 is 1.88. The summed E-state index contributed by atoms with van der Waals surface area (Å²) in [5, 5.41) is 5.27. The van der Waals surface area contributed by atoms with Gasteiger partial charge in [-0.3, -0.25) is 9.58 Å². The molecule has 0 saturated heterocycles. The summed E-state index contributed by atoms with van der Waals surface area (Å²) in [5.74, 6) is 0. The predicted octanol–water partition coefficient (Wildman–Crippen LogP) is 2.85. The maximum Gasteiger partial charge on any atom is 0.0522 e. The Morgan fingerprint density at radius 1 is 1.35 bits per heavy atom. The number of rotatable bonds is 8. The molecule has 0 N–H and O–H groups in total. The number of hydrogen-bond donors (Lipinski definition) is 0. The molecular weight excluding hydrogens is 278 g/mol. The molecule has 0 unspecified atom stereocenters. The van der Waals surface area contributed by atoms with Crippen molar-refractivity contribution in [3.63, 3.8) is 0 Å². The lowest BCUT2D eigenvalue weighted by molar-refractivity contribution is 0.200. The van der Waals surface area contributed by atoms with Crippen LogP contribution in [0.15, 0.2) is 12.4 Å². The zero-order valence-corrected chi connectivity index (χ0v) is 12.8. The highest BCUT2D eigenvalue weighted by molar-refractivity contribution is 9.09. The first-order chi connectivity index (χ1) is 8.21. The molecule has 0 radical (unpaired) electrons. The summed E-state index contributed by atoms with van der Waals surface area (Å²) in [5.41, 5.74) is 1.33. The average Bonchev–Trinajstić information content (AvgIpc) is 2.73.